The topological polar surface area (TPSA) is 122 Å². The Morgan fingerprint density at radius 2 is 1.69 bits per heavy atom. The van der Waals surface area contributed by atoms with Gasteiger partial charge in [-0.2, -0.15) is 13.2 Å². The third-order valence-electron chi connectivity index (χ3n) is 10.9. The van der Waals surface area contributed by atoms with Crippen LogP contribution >= 0.6 is 11.6 Å². The van der Waals surface area contributed by atoms with E-state index in [-0.39, 0.29) is 59.9 Å². The third-order valence-corrected chi connectivity index (χ3v) is 11.1. The number of rotatable bonds is 16. The number of ether oxygens (including phenoxy) is 1. The second-order valence-electron chi connectivity index (χ2n) is 14.7. The zero-order valence-electron chi connectivity index (χ0n) is 32.0. The first-order valence-electron chi connectivity index (χ1n) is 19.5. The Morgan fingerprint density at radius 1 is 0.948 bits per heavy atom. The number of H-pyrrole nitrogens is 1. The number of hydrogen-bond donors (Lipinski definition) is 2. The highest BCUT2D eigenvalue weighted by Gasteiger charge is 2.33. The molecule has 0 radical (unpaired) electrons. The van der Waals surface area contributed by atoms with Crippen LogP contribution in [0, 0.1) is 5.92 Å². The number of benzene rings is 4. The maximum Gasteiger partial charge on any atom is 0.411 e. The van der Waals surface area contributed by atoms with Gasteiger partial charge in [0.2, 0.25) is 11.6 Å². The van der Waals surface area contributed by atoms with Crippen molar-refractivity contribution in [3.63, 3.8) is 0 Å². The number of carbonyl (C=O) groups is 3. The van der Waals surface area contributed by atoms with Crippen LogP contribution in [0.4, 0.5) is 13.2 Å². The molecular formula is C44H44ClF3N6O4. The largest absolute Gasteiger partial charge is 0.411 e. The molecule has 1 fully saturated rings. The highest BCUT2D eigenvalue weighted by molar-refractivity contribution is 6.30. The number of amides is 1. The molecular weight excluding hydrogens is 769 g/mol. The molecule has 2 aromatic heterocycles. The van der Waals surface area contributed by atoms with Crippen molar-refractivity contribution < 1.29 is 32.3 Å². The van der Waals surface area contributed by atoms with Crippen molar-refractivity contribution in [2.75, 3.05) is 32.8 Å². The Morgan fingerprint density at radius 3 is 2.43 bits per heavy atom. The number of alkyl halides is 3. The van der Waals surface area contributed by atoms with Crippen LogP contribution in [0.15, 0.2) is 97.1 Å². The van der Waals surface area contributed by atoms with Crippen LogP contribution < -0.4 is 5.32 Å². The van der Waals surface area contributed by atoms with E-state index in [1.807, 2.05) is 42.5 Å². The minimum absolute atomic E-state index is 0.0160. The average molecular weight is 813 g/mol. The van der Waals surface area contributed by atoms with Gasteiger partial charge in [-0.05, 0) is 92.9 Å². The summed E-state index contributed by atoms with van der Waals surface area (Å²) in [6.45, 7) is 2.32. The zero-order chi connectivity index (χ0) is 40.8. The number of fused-ring (bicyclic) bond motifs is 2. The molecule has 1 saturated heterocycles. The van der Waals surface area contributed by atoms with Gasteiger partial charge in [0.25, 0.3) is 5.91 Å². The smallest absolute Gasteiger partial charge is 0.370 e. The number of likely N-dealkylation sites (tertiary alicyclic amines) is 1. The Kier molecular flexibility index (Phi) is 12.7. The fourth-order valence-corrected chi connectivity index (χ4v) is 8.10. The second kappa shape index (κ2) is 18.0. The number of para-hydroxylation sites is 3. The summed E-state index contributed by atoms with van der Waals surface area (Å²) in [6.07, 6.45) is -1.53. The summed E-state index contributed by atoms with van der Waals surface area (Å²) in [5, 5.41) is 3.76. The molecule has 0 spiro atoms. The van der Waals surface area contributed by atoms with E-state index < -0.39 is 18.6 Å². The number of halogens is 4. The lowest BCUT2D eigenvalue weighted by molar-refractivity contribution is -0.174. The normalized spacial score (nSPS) is 15.1. The molecule has 7 rings (SSSR count). The second-order valence-corrected chi connectivity index (χ2v) is 15.1. The maximum absolute atomic E-state index is 14.1. The number of aromatic nitrogens is 4. The van der Waals surface area contributed by atoms with E-state index in [1.165, 1.54) is 0 Å². The first-order valence-corrected chi connectivity index (χ1v) is 19.9. The van der Waals surface area contributed by atoms with E-state index in [4.69, 9.17) is 16.3 Å². The summed E-state index contributed by atoms with van der Waals surface area (Å²) in [7, 11) is 0. The monoisotopic (exact) mass is 812 g/mol. The van der Waals surface area contributed by atoms with Gasteiger partial charge >= 0.3 is 6.18 Å². The maximum atomic E-state index is 14.1. The number of carbonyl (C=O) groups excluding carboxylic acids is 3. The van der Waals surface area contributed by atoms with E-state index in [1.54, 1.807) is 59.2 Å². The van der Waals surface area contributed by atoms with Gasteiger partial charge in [-0.15, -0.1) is 0 Å². The van der Waals surface area contributed by atoms with Crippen LogP contribution in [0.5, 0.6) is 0 Å². The molecule has 2 N–H and O–H groups in total. The SMILES string of the molecule is CCC(CC(CNC(=O)c1ccccc1)c1cccc(Cl)c1)N1CCC(C(=O)c2nc3c(C(=O)c4nc5ccccc5n4CCOCC(F)(F)F)cccc3[nH]2)CC1. The number of imidazole rings is 2. The summed E-state index contributed by atoms with van der Waals surface area (Å²) in [5.41, 5.74) is 3.80. The van der Waals surface area contributed by atoms with Gasteiger partial charge in [0.15, 0.2) is 11.6 Å². The minimum atomic E-state index is -4.47. The van der Waals surface area contributed by atoms with E-state index >= 15 is 0 Å². The molecule has 58 heavy (non-hydrogen) atoms. The summed E-state index contributed by atoms with van der Waals surface area (Å²) in [5.74, 6) is -0.783. The van der Waals surface area contributed by atoms with Crippen molar-refractivity contribution in [3.8, 4) is 0 Å². The molecule has 0 saturated carbocycles. The van der Waals surface area contributed by atoms with Gasteiger partial charge in [0.05, 0.1) is 28.7 Å². The number of hydrogen-bond acceptors (Lipinski definition) is 7. The minimum Gasteiger partial charge on any atom is -0.370 e. The van der Waals surface area contributed by atoms with Crippen molar-refractivity contribution in [2.24, 2.45) is 5.92 Å². The molecule has 3 heterocycles. The van der Waals surface area contributed by atoms with Gasteiger partial charge in [-0.3, -0.25) is 14.4 Å². The Balaban J connectivity index is 1.03. The molecule has 4 aromatic carbocycles. The van der Waals surface area contributed by atoms with Crippen molar-refractivity contribution in [1.82, 2.24) is 29.7 Å². The van der Waals surface area contributed by atoms with E-state index in [2.05, 4.69) is 32.1 Å². The highest BCUT2D eigenvalue weighted by Crippen LogP contribution is 2.31. The van der Waals surface area contributed by atoms with E-state index in [0.717, 1.165) is 18.4 Å². The standard InChI is InChI=1S/C44H44ClF3N6O4/c1-2-33(25-31(30-12-8-13-32(45)24-30)26-49-43(57)29-10-4-3-5-11-29)53-20-18-28(19-21-53)39(55)41-50-36-16-9-14-34(38(36)52-41)40(56)42-51-35-15-6-7-17-37(35)54(42)22-23-58-27-44(46,47)48/h3-17,24,28,31,33H,2,18-23,25-27H2,1H3,(H,49,57)(H,50,52). The highest BCUT2D eigenvalue weighted by atomic mass is 35.5. The van der Waals surface area contributed by atoms with Crippen LogP contribution in [0.1, 0.15) is 81.2 Å². The Hall–Kier alpha value is -5.37. The van der Waals surface area contributed by atoms with Crippen molar-refractivity contribution in [2.45, 2.75) is 57.3 Å². The molecule has 10 nitrogen and oxygen atoms in total. The lowest BCUT2D eigenvalue weighted by atomic mass is 9.87. The number of Topliss-reactive ketones (excluding diaryl/α,β-unsaturated/α-hetero) is 1. The molecule has 2 atom stereocenters. The van der Waals surface area contributed by atoms with Gasteiger partial charge < -0.3 is 24.5 Å². The van der Waals surface area contributed by atoms with Crippen LogP contribution in [0.2, 0.25) is 5.02 Å². The summed E-state index contributed by atoms with van der Waals surface area (Å²) >= 11 is 6.40. The third kappa shape index (κ3) is 9.49. The Bertz CT molecular complexity index is 2390. The van der Waals surface area contributed by atoms with Crippen molar-refractivity contribution in [3.05, 3.63) is 130 Å². The van der Waals surface area contributed by atoms with E-state index in [0.29, 0.717) is 65.1 Å². The molecule has 1 aliphatic heterocycles. The van der Waals surface area contributed by atoms with Gasteiger partial charge in [0.1, 0.15) is 12.1 Å². The lowest BCUT2D eigenvalue weighted by Crippen LogP contribution is -2.44. The number of nitrogens with zero attached hydrogens (tertiary/aromatic N) is 4. The predicted molar refractivity (Wildman–Crippen MR) is 216 cm³/mol. The van der Waals surface area contributed by atoms with Gasteiger partial charge in [0, 0.05) is 41.6 Å². The van der Waals surface area contributed by atoms with Crippen LogP contribution in [-0.4, -0.2) is 87.0 Å². The summed E-state index contributed by atoms with van der Waals surface area (Å²) in [6, 6.07) is 29.2. The molecule has 302 valence electrons. The number of piperidine rings is 1. The molecule has 1 aliphatic rings. The molecule has 14 heteroatoms. The molecule has 0 bridgehead atoms. The van der Waals surface area contributed by atoms with Crippen LogP contribution in [-0.2, 0) is 11.3 Å². The van der Waals surface area contributed by atoms with E-state index in [9.17, 15) is 27.6 Å². The first kappa shape index (κ1) is 40.8. The number of nitrogens with one attached hydrogen (secondary N) is 2. The van der Waals surface area contributed by atoms with Crippen molar-refractivity contribution >= 4 is 51.1 Å². The number of ketones is 2. The quantitative estimate of drug-likeness (QED) is 0.0741. The van der Waals surface area contributed by atoms with Crippen LogP contribution in [0.25, 0.3) is 22.1 Å². The molecule has 6 aromatic rings. The molecule has 1 amide bonds. The average Bonchev–Trinajstić information content (AvgIpc) is 3.84. The zero-order valence-corrected chi connectivity index (χ0v) is 32.7. The summed E-state index contributed by atoms with van der Waals surface area (Å²) < 4.78 is 44.6. The Labute approximate surface area is 338 Å². The summed E-state index contributed by atoms with van der Waals surface area (Å²) in [4.78, 5) is 55.8. The molecule has 2 unspecified atom stereocenters. The first-order chi connectivity index (χ1) is 28.0. The predicted octanol–water partition coefficient (Wildman–Crippen LogP) is 8.65. The van der Waals surface area contributed by atoms with Crippen LogP contribution in [0.3, 0.4) is 0 Å². The fourth-order valence-electron chi connectivity index (χ4n) is 7.90. The van der Waals surface area contributed by atoms with Gasteiger partial charge in [-0.25, -0.2) is 9.97 Å². The molecule has 0 aliphatic carbocycles. The lowest BCUT2D eigenvalue weighted by Gasteiger charge is -2.38. The number of aromatic amines is 1. The van der Waals surface area contributed by atoms with Crippen molar-refractivity contribution in [1.29, 1.82) is 0 Å². The fraction of sp³-hybridized carbons (Fsp3) is 0.341. The van der Waals surface area contributed by atoms with Gasteiger partial charge in [-0.1, -0.05) is 67.1 Å².